The minimum atomic E-state index is -1.12. The Kier molecular flexibility index (Phi) is 3.60. The largest absolute Gasteiger partial charge is 0.494 e. The Balaban J connectivity index is 2.00. The van der Waals surface area contributed by atoms with Crippen LogP contribution < -0.4 is 10.1 Å². The van der Waals surface area contributed by atoms with Crippen molar-refractivity contribution in [2.45, 2.75) is 0 Å². The molecule has 0 saturated heterocycles. The molecule has 7 nitrogen and oxygen atoms in total. The molecular weight excluding hydrogens is 294 g/mol. The number of hydrogen-bond acceptors (Lipinski definition) is 6. The molecule has 0 amide bonds. The summed E-state index contributed by atoms with van der Waals surface area (Å²) in [5.74, 6) is -1.86. The summed E-state index contributed by atoms with van der Waals surface area (Å²) in [6.45, 7) is 0. The van der Waals surface area contributed by atoms with Crippen LogP contribution in [0.5, 0.6) is 5.75 Å². The monoisotopic (exact) mass is 304 g/mol. The predicted octanol–water partition coefficient (Wildman–Crippen LogP) is 2.09. The first-order chi connectivity index (χ1) is 10.7. The Bertz CT molecular complexity index is 792. The fraction of sp³-hybridized carbons (Fsp3) is 0.0769. The summed E-state index contributed by atoms with van der Waals surface area (Å²) in [6.07, 6.45) is 1.57. The summed E-state index contributed by atoms with van der Waals surface area (Å²) >= 11 is 0. The van der Waals surface area contributed by atoms with Gasteiger partial charge in [-0.2, -0.15) is 9.07 Å². The van der Waals surface area contributed by atoms with Crippen molar-refractivity contribution < 1.29 is 13.5 Å². The van der Waals surface area contributed by atoms with Gasteiger partial charge in [0, 0.05) is 6.20 Å². The van der Waals surface area contributed by atoms with E-state index in [-0.39, 0.29) is 17.4 Å². The Morgan fingerprint density at radius 3 is 2.73 bits per heavy atom. The quantitative estimate of drug-likeness (QED) is 0.795. The zero-order valence-corrected chi connectivity index (χ0v) is 11.4. The number of benzene rings is 1. The Labute approximate surface area is 123 Å². The van der Waals surface area contributed by atoms with Gasteiger partial charge in [-0.25, -0.2) is 9.37 Å². The molecule has 112 valence electrons. The van der Waals surface area contributed by atoms with E-state index in [0.717, 1.165) is 4.68 Å². The van der Waals surface area contributed by atoms with Gasteiger partial charge in [0.2, 0.25) is 5.82 Å². The van der Waals surface area contributed by atoms with Crippen LogP contribution in [0.2, 0.25) is 0 Å². The highest BCUT2D eigenvalue weighted by atomic mass is 19.2. The fourth-order valence-corrected chi connectivity index (χ4v) is 1.82. The SMILES string of the molecule is COc1ccc(-n2nnnc2Nc2ccccn2)c(F)c1F. The van der Waals surface area contributed by atoms with E-state index in [9.17, 15) is 8.78 Å². The van der Waals surface area contributed by atoms with Gasteiger partial charge in [-0.3, -0.25) is 0 Å². The lowest BCUT2D eigenvalue weighted by molar-refractivity contribution is 0.371. The lowest BCUT2D eigenvalue weighted by atomic mass is 10.2. The van der Waals surface area contributed by atoms with Gasteiger partial charge < -0.3 is 10.1 Å². The molecule has 0 aliphatic carbocycles. The summed E-state index contributed by atoms with van der Waals surface area (Å²) in [6, 6.07) is 7.80. The molecule has 0 fully saturated rings. The molecule has 0 unspecified atom stereocenters. The van der Waals surface area contributed by atoms with E-state index < -0.39 is 11.6 Å². The summed E-state index contributed by atoms with van der Waals surface area (Å²) in [4.78, 5) is 4.05. The van der Waals surface area contributed by atoms with Crippen molar-refractivity contribution in [2.75, 3.05) is 12.4 Å². The van der Waals surface area contributed by atoms with Crippen LogP contribution in [0, 0.1) is 11.6 Å². The minimum absolute atomic E-state index is 0.0992. The number of rotatable bonds is 4. The van der Waals surface area contributed by atoms with Crippen LogP contribution in [0.4, 0.5) is 20.5 Å². The Morgan fingerprint density at radius 2 is 2.00 bits per heavy atom. The number of methoxy groups -OCH3 is 1. The normalized spacial score (nSPS) is 10.5. The number of pyridine rings is 1. The van der Waals surface area contributed by atoms with Crippen LogP contribution in [0.25, 0.3) is 5.69 Å². The highest BCUT2D eigenvalue weighted by molar-refractivity contribution is 5.51. The average molecular weight is 304 g/mol. The molecule has 2 heterocycles. The third-order valence-corrected chi connectivity index (χ3v) is 2.85. The van der Waals surface area contributed by atoms with E-state index in [1.807, 2.05) is 0 Å². The minimum Gasteiger partial charge on any atom is -0.494 e. The average Bonchev–Trinajstić information content (AvgIpc) is 2.99. The standard InChI is InChI=1S/C13H10F2N6O/c1-22-9-6-5-8(11(14)12(9)15)21-13(18-19-20-21)17-10-4-2-3-7-16-10/h2-7H,1H3,(H,16,17,18,20). The lowest BCUT2D eigenvalue weighted by Crippen LogP contribution is -2.07. The molecule has 0 aliphatic rings. The fourth-order valence-electron chi connectivity index (χ4n) is 1.82. The molecule has 1 N–H and O–H groups in total. The molecular formula is C13H10F2N6O. The van der Waals surface area contributed by atoms with E-state index in [2.05, 4.69) is 25.8 Å². The van der Waals surface area contributed by atoms with Crippen LogP contribution in [-0.4, -0.2) is 32.3 Å². The number of tetrazole rings is 1. The highest BCUT2D eigenvalue weighted by Gasteiger charge is 2.19. The van der Waals surface area contributed by atoms with Crippen molar-refractivity contribution in [1.82, 2.24) is 25.2 Å². The molecule has 0 saturated carbocycles. The van der Waals surface area contributed by atoms with Gasteiger partial charge in [0.05, 0.1) is 7.11 Å². The smallest absolute Gasteiger partial charge is 0.253 e. The molecule has 0 spiro atoms. The van der Waals surface area contributed by atoms with Crippen LogP contribution in [0.15, 0.2) is 36.5 Å². The number of ether oxygens (including phenoxy) is 1. The summed E-state index contributed by atoms with van der Waals surface area (Å²) in [7, 11) is 1.25. The van der Waals surface area contributed by atoms with Gasteiger partial charge in [-0.05, 0) is 34.7 Å². The summed E-state index contributed by atoms with van der Waals surface area (Å²) in [5.41, 5.74) is -0.151. The van der Waals surface area contributed by atoms with Crippen LogP contribution in [-0.2, 0) is 0 Å². The summed E-state index contributed by atoms with van der Waals surface area (Å²) < 4.78 is 33.7. The second-order valence-corrected chi connectivity index (χ2v) is 4.17. The number of nitrogens with one attached hydrogen (secondary N) is 1. The predicted molar refractivity (Wildman–Crippen MR) is 73.1 cm³/mol. The number of halogens is 2. The first kappa shape index (κ1) is 13.9. The topological polar surface area (TPSA) is 77.8 Å². The number of hydrogen-bond donors (Lipinski definition) is 1. The van der Waals surface area contributed by atoms with E-state index >= 15 is 0 Å². The number of aromatic nitrogens is 5. The van der Waals surface area contributed by atoms with Crippen LogP contribution >= 0.6 is 0 Å². The maximum atomic E-state index is 14.1. The second-order valence-electron chi connectivity index (χ2n) is 4.17. The van der Waals surface area contributed by atoms with Crippen molar-refractivity contribution in [3.8, 4) is 11.4 Å². The number of nitrogens with zero attached hydrogens (tertiary/aromatic N) is 5. The maximum absolute atomic E-state index is 14.1. The third kappa shape index (κ3) is 2.43. The zero-order valence-electron chi connectivity index (χ0n) is 11.4. The highest BCUT2D eigenvalue weighted by Crippen LogP contribution is 2.26. The molecule has 1 aromatic carbocycles. The van der Waals surface area contributed by atoms with Gasteiger partial charge in [-0.1, -0.05) is 11.2 Å². The Hall–Kier alpha value is -3.10. The van der Waals surface area contributed by atoms with Gasteiger partial charge in [0.15, 0.2) is 11.6 Å². The van der Waals surface area contributed by atoms with E-state index in [1.165, 1.54) is 19.2 Å². The second kappa shape index (κ2) is 5.72. The van der Waals surface area contributed by atoms with E-state index in [1.54, 1.807) is 24.4 Å². The van der Waals surface area contributed by atoms with Crippen molar-refractivity contribution in [2.24, 2.45) is 0 Å². The van der Waals surface area contributed by atoms with Crippen LogP contribution in [0.3, 0.4) is 0 Å². The van der Waals surface area contributed by atoms with Crippen LogP contribution in [0.1, 0.15) is 0 Å². The van der Waals surface area contributed by atoms with Gasteiger partial charge in [-0.15, -0.1) is 0 Å². The Morgan fingerprint density at radius 1 is 1.14 bits per heavy atom. The number of anilines is 2. The molecule has 0 aliphatic heterocycles. The van der Waals surface area contributed by atoms with E-state index in [4.69, 9.17) is 4.74 Å². The molecule has 22 heavy (non-hydrogen) atoms. The van der Waals surface area contributed by atoms with Crippen molar-refractivity contribution >= 4 is 11.8 Å². The maximum Gasteiger partial charge on any atom is 0.253 e. The molecule has 3 aromatic rings. The van der Waals surface area contributed by atoms with Crippen molar-refractivity contribution in [1.29, 1.82) is 0 Å². The van der Waals surface area contributed by atoms with Gasteiger partial charge in [0.25, 0.3) is 5.95 Å². The third-order valence-electron chi connectivity index (χ3n) is 2.85. The molecule has 2 aromatic heterocycles. The molecule has 0 radical (unpaired) electrons. The first-order valence-corrected chi connectivity index (χ1v) is 6.19. The van der Waals surface area contributed by atoms with E-state index in [0.29, 0.717) is 5.82 Å². The van der Waals surface area contributed by atoms with Gasteiger partial charge >= 0.3 is 0 Å². The zero-order chi connectivity index (χ0) is 15.5. The summed E-state index contributed by atoms with van der Waals surface area (Å²) in [5, 5.41) is 13.7. The van der Waals surface area contributed by atoms with Gasteiger partial charge in [0.1, 0.15) is 11.5 Å². The lowest BCUT2D eigenvalue weighted by Gasteiger charge is -2.09. The molecule has 0 atom stereocenters. The molecule has 0 bridgehead atoms. The molecule has 3 rings (SSSR count). The first-order valence-electron chi connectivity index (χ1n) is 6.19. The molecule has 9 heteroatoms. The van der Waals surface area contributed by atoms with Crippen molar-refractivity contribution in [3.05, 3.63) is 48.2 Å². The van der Waals surface area contributed by atoms with Crippen molar-refractivity contribution in [3.63, 3.8) is 0 Å².